The molecule has 0 aliphatic rings. The predicted octanol–water partition coefficient (Wildman–Crippen LogP) is 1.66. The van der Waals surface area contributed by atoms with E-state index in [4.69, 9.17) is 17.2 Å². The van der Waals surface area contributed by atoms with E-state index in [0.717, 1.165) is 6.42 Å². The summed E-state index contributed by atoms with van der Waals surface area (Å²) in [5.41, 5.74) is 22.9. The zero-order chi connectivity index (χ0) is 22.3. The van der Waals surface area contributed by atoms with E-state index in [9.17, 15) is 0 Å². The Hall–Kier alpha value is -3.78. The van der Waals surface area contributed by atoms with Gasteiger partial charge in [-0.25, -0.2) is 0 Å². The molecule has 4 heterocycles. The molecule has 4 rings (SSSR count). The molecule has 4 aromatic heterocycles. The molecule has 32 heavy (non-hydrogen) atoms. The molecule has 12 nitrogen and oxygen atoms in total. The Morgan fingerprint density at radius 3 is 2.03 bits per heavy atom. The molecule has 0 radical (unpaired) electrons. The van der Waals surface area contributed by atoms with E-state index >= 15 is 0 Å². The third-order valence-corrected chi connectivity index (χ3v) is 5.73. The minimum atomic E-state index is 0.0146. The lowest BCUT2D eigenvalue weighted by Gasteiger charge is -2.23. The molecule has 0 aromatic carbocycles. The van der Waals surface area contributed by atoms with Crippen LogP contribution in [-0.2, 0) is 12.8 Å². The summed E-state index contributed by atoms with van der Waals surface area (Å²) < 4.78 is 0. The first kappa shape index (κ1) is 21.5. The van der Waals surface area contributed by atoms with Gasteiger partial charge in [0.1, 0.15) is 0 Å². The first-order chi connectivity index (χ1) is 15.5. The summed E-state index contributed by atoms with van der Waals surface area (Å²) in [6.07, 6.45) is 1.56. The highest BCUT2D eigenvalue weighted by Gasteiger charge is 2.15. The molecule has 0 atom stereocenters. The number of hydrogen-bond acceptors (Lipinski definition) is 14. The SMILES string of the molecule is Nc1nc(NCCc2ccsc2)nc(NN(CCc2ccsc2)c2nc(N)nc(N)n2)n1. The number of anilines is 6. The molecule has 0 fully saturated rings. The summed E-state index contributed by atoms with van der Waals surface area (Å²) in [6.45, 7) is 1.15. The molecule has 0 aliphatic carbocycles. The normalized spacial score (nSPS) is 10.8. The fraction of sp³-hybridized carbons (Fsp3) is 0.222. The number of nitrogens with one attached hydrogen (secondary N) is 2. The van der Waals surface area contributed by atoms with Gasteiger partial charge < -0.3 is 22.5 Å². The fourth-order valence-electron chi connectivity index (χ4n) is 2.80. The summed E-state index contributed by atoms with van der Waals surface area (Å²) in [4.78, 5) is 24.9. The van der Waals surface area contributed by atoms with Crippen LogP contribution >= 0.6 is 22.7 Å². The van der Waals surface area contributed by atoms with Crippen molar-refractivity contribution in [3.8, 4) is 0 Å². The van der Waals surface area contributed by atoms with Crippen LogP contribution in [0.25, 0.3) is 0 Å². The summed E-state index contributed by atoms with van der Waals surface area (Å²) in [5.74, 6) is 0.951. The Morgan fingerprint density at radius 1 is 0.750 bits per heavy atom. The van der Waals surface area contributed by atoms with Crippen molar-refractivity contribution < 1.29 is 0 Å². The quantitative estimate of drug-likeness (QED) is 0.212. The van der Waals surface area contributed by atoms with Crippen LogP contribution in [0.5, 0.6) is 0 Å². The van der Waals surface area contributed by atoms with Gasteiger partial charge in [-0.15, -0.1) is 0 Å². The zero-order valence-corrected chi connectivity index (χ0v) is 18.6. The van der Waals surface area contributed by atoms with Crippen molar-refractivity contribution in [1.29, 1.82) is 0 Å². The van der Waals surface area contributed by atoms with E-state index in [-0.39, 0.29) is 29.7 Å². The molecule has 166 valence electrons. The maximum Gasteiger partial charge on any atom is 0.251 e. The number of hydrazine groups is 1. The number of nitrogen functional groups attached to an aromatic ring is 3. The third-order valence-electron chi connectivity index (χ3n) is 4.27. The molecule has 0 saturated carbocycles. The lowest BCUT2D eigenvalue weighted by Crippen LogP contribution is -2.35. The zero-order valence-electron chi connectivity index (χ0n) is 17.0. The van der Waals surface area contributed by atoms with Crippen molar-refractivity contribution in [1.82, 2.24) is 29.9 Å². The molecule has 0 unspecified atom stereocenters. The molecule has 14 heteroatoms. The van der Waals surface area contributed by atoms with Gasteiger partial charge in [-0.3, -0.25) is 10.4 Å². The van der Waals surface area contributed by atoms with Gasteiger partial charge in [0, 0.05) is 13.1 Å². The Labute approximate surface area is 192 Å². The van der Waals surface area contributed by atoms with Crippen LogP contribution in [0.2, 0.25) is 0 Å². The summed E-state index contributed by atoms with van der Waals surface area (Å²) in [5, 5.41) is 13.1. The molecule has 0 bridgehead atoms. The van der Waals surface area contributed by atoms with Crippen LogP contribution in [0.3, 0.4) is 0 Å². The Balaban J connectivity index is 1.50. The van der Waals surface area contributed by atoms with Crippen molar-refractivity contribution in [2.24, 2.45) is 0 Å². The minimum Gasteiger partial charge on any atom is -0.368 e. The lowest BCUT2D eigenvalue weighted by atomic mass is 10.2. The first-order valence-electron chi connectivity index (χ1n) is 9.64. The van der Waals surface area contributed by atoms with Crippen molar-refractivity contribution in [2.75, 3.05) is 46.0 Å². The van der Waals surface area contributed by atoms with Gasteiger partial charge in [-0.1, -0.05) is 0 Å². The largest absolute Gasteiger partial charge is 0.368 e. The van der Waals surface area contributed by atoms with Crippen LogP contribution in [-0.4, -0.2) is 43.0 Å². The smallest absolute Gasteiger partial charge is 0.251 e. The van der Waals surface area contributed by atoms with E-state index in [2.05, 4.69) is 63.5 Å². The molecule has 0 spiro atoms. The number of nitrogens with zero attached hydrogens (tertiary/aromatic N) is 7. The van der Waals surface area contributed by atoms with Gasteiger partial charge in [0.15, 0.2) is 0 Å². The standard InChI is InChI=1S/C18H22N12S2/c19-13-23-14(20)27-18(26-13)30(6-2-12-4-8-32-10-12)29-17-25-15(21)24-16(28-17)22-5-1-11-3-7-31-9-11/h3-4,7-10H,1-2,5-6H2,(H4,19,20,23,26,27)(H4,21,22,24,25,28,29). The van der Waals surface area contributed by atoms with Crippen LogP contribution in [0.1, 0.15) is 11.1 Å². The fourth-order valence-corrected chi connectivity index (χ4v) is 4.20. The van der Waals surface area contributed by atoms with Crippen LogP contribution in [0.4, 0.5) is 35.7 Å². The van der Waals surface area contributed by atoms with Crippen LogP contribution in [0, 0.1) is 0 Å². The van der Waals surface area contributed by atoms with Crippen molar-refractivity contribution >= 4 is 58.4 Å². The van der Waals surface area contributed by atoms with Crippen molar-refractivity contribution in [2.45, 2.75) is 12.8 Å². The molecular formula is C18H22N12S2. The Morgan fingerprint density at radius 2 is 1.38 bits per heavy atom. The topological polar surface area (TPSA) is 183 Å². The van der Waals surface area contributed by atoms with E-state index in [0.29, 0.717) is 25.5 Å². The Bertz CT molecular complexity index is 1110. The van der Waals surface area contributed by atoms with E-state index < -0.39 is 0 Å². The van der Waals surface area contributed by atoms with Gasteiger partial charge >= 0.3 is 0 Å². The minimum absolute atomic E-state index is 0.0146. The maximum atomic E-state index is 5.90. The number of thiophene rings is 2. The van der Waals surface area contributed by atoms with Gasteiger partial charge in [0.25, 0.3) is 5.95 Å². The molecule has 4 aromatic rings. The number of rotatable bonds is 10. The highest BCUT2D eigenvalue weighted by Crippen LogP contribution is 2.16. The average molecular weight is 471 g/mol. The van der Waals surface area contributed by atoms with Gasteiger partial charge in [-0.05, 0) is 57.6 Å². The summed E-state index contributed by atoms with van der Waals surface area (Å²) >= 11 is 3.29. The molecule has 0 saturated heterocycles. The summed E-state index contributed by atoms with van der Waals surface area (Å²) in [6, 6.07) is 4.13. The maximum absolute atomic E-state index is 5.90. The van der Waals surface area contributed by atoms with Crippen molar-refractivity contribution in [3.05, 3.63) is 44.8 Å². The van der Waals surface area contributed by atoms with Gasteiger partial charge in [0.05, 0.1) is 0 Å². The average Bonchev–Trinajstić information content (AvgIpc) is 3.44. The van der Waals surface area contributed by atoms with E-state index in [1.54, 1.807) is 27.7 Å². The molecule has 0 amide bonds. The first-order valence-corrected chi connectivity index (χ1v) is 11.5. The van der Waals surface area contributed by atoms with Crippen LogP contribution < -0.4 is 33.0 Å². The van der Waals surface area contributed by atoms with E-state index in [1.807, 2.05) is 10.8 Å². The Kier molecular flexibility index (Phi) is 6.72. The number of aromatic nitrogens is 6. The second-order valence-corrected chi connectivity index (χ2v) is 8.21. The van der Waals surface area contributed by atoms with Gasteiger partial charge in [-0.2, -0.15) is 52.6 Å². The monoisotopic (exact) mass is 470 g/mol. The highest BCUT2D eigenvalue weighted by molar-refractivity contribution is 7.08. The molecule has 0 aliphatic heterocycles. The van der Waals surface area contributed by atoms with Crippen molar-refractivity contribution in [3.63, 3.8) is 0 Å². The predicted molar refractivity (Wildman–Crippen MR) is 128 cm³/mol. The second kappa shape index (κ2) is 10.0. The highest BCUT2D eigenvalue weighted by atomic mass is 32.1. The van der Waals surface area contributed by atoms with Crippen LogP contribution in [0.15, 0.2) is 33.7 Å². The number of nitrogens with two attached hydrogens (primary N) is 3. The number of hydrogen-bond donors (Lipinski definition) is 5. The molecule has 8 N–H and O–H groups in total. The van der Waals surface area contributed by atoms with Gasteiger partial charge in [0.2, 0.25) is 29.7 Å². The summed E-state index contributed by atoms with van der Waals surface area (Å²) in [7, 11) is 0. The lowest BCUT2D eigenvalue weighted by molar-refractivity contribution is 0.812. The molecular weight excluding hydrogens is 448 g/mol. The van der Waals surface area contributed by atoms with E-state index in [1.165, 1.54) is 11.1 Å². The third kappa shape index (κ3) is 5.89. The second-order valence-electron chi connectivity index (χ2n) is 6.65.